The van der Waals surface area contributed by atoms with Crippen molar-refractivity contribution >= 4 is 0 Å². The van der Waals surface area contributed by atoms with Gasteiger partial charge in [0.15, 0.2) is 0 Å². The minimum atomic E-state index is 0.398. The summed E-state index contributed by atoms with van der Waals surface area (Å²) in [6, 6.07) is 0.398. The summed E-state index contributed by atoms with van der Waals surface area (Å²) in [5, 5.41) is 0. The van der Waals surface area contributed by atoms with Crippen LogP contribution in [0.25, 0.3) is 0 Å². The summed E-state index contributed by atoms with van der Waals surface area (Å²) in [5.74, 6) is 1.41. The molecule has 2 unspecified atom stereocenters. The van der Waals surface area contributed by atoms with E-state index in [9.17, 15) is 0 Å². The van der Waals surface area contributed by atoms with Gasteiger partial charge in [0, 0.05) is 19.1 Å². The lowest BCUT2D eigenvalue weighted by Crippen LogP contribution is -2.49. The highest BCUT2D eigenvalue weighted by molar-refractivity contribution is 4.88. The van der Waals surface area contributed by atoms with Crippen molar-refractivity contribution in [2.45, 2.75) is 53.0 Å². The van der Waals surface area contributed by atoms with E-state index in [1.54, 1.807) is 0 Å². The number of hydrogen-bond donors (Lipinski definition) is 1. The molecule has 1 fully saturated rings. The standard InChI is InChI=1S/C16H35N3/c1-5-18(6-2)12-14-10-9-11-15(16(14)17)13-19(7-3)8-4/h14-16H,5-13,17H2,1-4H3. The van der Waals surface area contributed by atoms with Gasteiger partial charge in [-0.1, -0.05) is 34.1 Å². The minimum absolute atomic E-state index is 0.398. The second-order valence-corrected chi connectivity index (χ2v) is 6.00. The average Bonchev–Trinajstić information content (AvgIpc) is 2.45. The van der Waals surface area contributed by atoms with Crippen molar-refractivity contribution in [3.05, 3.63) is 0 Å². The summed E-state index contributed by atoms with van der Waals surface area (Å²) in [6.07, 6.45) is 4.02. The van der Waals surface area contributed by atoms with Crippen LogP contribution >= 0.6 is 0 Å². The number of nitrogens with zero attached hydrogens (tertiary/aromatic N) is 2. The van der Waals surface area contributed by atoms with Crippen LogP contribution in [0.4, 0.5) is 0 Å². The maximum absolute atomic E-state index is 6.59. The van der Waals surface area contributed by atoms with Crippen LogP contribution in [0.15, 0.2) is 0 Å². The van der Waals surface area contributed by atoms with Gasteiger partial charge in [-0.3, -0.25) is 0 Å². The van der Waals surface area contributed by atoms with Gasteiger partial charge in [-0.25, -0.2) is 0 Å². The topological polar surface area (TPSA) is 32.5 Å². The van der Waals surface area contributed by atoms with E-state index in [1.807, 2.05) is 0 Å². The van der Waals surface area contributed by atoms with Crippen molar-refractivity contribution in [2.24, 2.45) is 17.6 Å². The predicted molar refractivity (Wildman–Crippen MR) is 84.4 cm³/mol. The van der Waals surface area contributed by atoms with Gasteiger partial charge < -0.3 is 15.5 Å². The highest BCUT2D eigenvalue weighted by Gasteiger charge is 2.31. The third-order valence-corrected chi connectivity index (χ3v) is 5.01. The van der Waals surface area contributed by atoms with Gasteiger partial charge in [0.1, 0.15) is 0 Å². The molecule has 1 saturated carbocycles. The molecule has 0 aromatic heterocycles. The summed E-state index contributed by atoms with van der Waals surface area (Å²) >= 11 is 0. The van der Waals surface area contributed by atoms with Crippen molar-refractivity contribution in [1.82, 2.24) is 9.80 Å². The van der Waals surface area contributed by atoms with Crippen LogP contribution in [0.5, 0.6) is 0 Å². The van der Waals surface area contributed by atoms with E-state index in [4.69, 9.17) is 5.73 Å². The van der Waals surface area contributed by atoms with Crippen molar-refractivity contribution in [1.29, 1.82) is 0 Å². The Hall–Kier alpha value is -0.120. The molecular weight excluding hydrogens is 234 g/mol. The van der Waals surface area contributed by atoms with E-state index in [0.29, 0.717) is 17.9 Å². The molecule has 19 heavy (non-hydrogen) atoms. The zero-order chi connectivity index (χ0) is 14.3. The van der Waals surface area contributed by atoms with E-state index >= 15 is 0 Å². The van der Waals surface area contributed by atoms with E-state index in [-0.39, 0.29) is 0 Å². The molecule has 0 aromatic rings. The Morgan fingerprint density at radius 1 is 0.789 bits per heavy atom. The highest BCUT2D eigenvalue weighted by atomic mass is 15.1. The van der Waals surface area contributed by atoms with Crippen molar-refractivity contribution < 1.29 is 0 Å². The molecule has 3 nitrogen and oxygen atoms in total. The molecule has 3 heteroatoms. The van der Waals surface area contributed by atoms with E-state index < -0.39 is 0 Å². The lowest BCUT2D eigenvalue weighted by molar-refractivity contribution is 0.127. The van der Waals surface area contributed by atoms with Crippen molar-refractivity contribution in [3.8, 4) is 0 Å². The molecule has 0 heterocycles. The van der Waals surface area contributed by atoms with Crippen LogP contribution in [-0.2, 0) is 0 Å². The summed E-state index contributed by atoms with van der Waals surface area (Å²) in [7, 11) is 0. The Balaban J connectivity index is 2.52. The van der Waals surface area contributed by atoms with Gasteiger partial charge in [-0.05, 0) is 50.9 Å². The fourth-order valence-corrected chi connectivity index (χ4v) is 3.46. The number of rotatable bonds is 8. The van der Waals surface area contributed by atoms with Crippen LogP contribution in [-0.4, -0.2) is 55.1 Å². The maximum atomic E-state index is 6.59. The second kappa shape index (κ2) is 8.93. The molecule has 1 aliphatic carbocycles. The first-order chi connectivity index (χ1) is 9.15. The van der Waals surface area contributed by atoms with Crippen LogP contribution in [0.2, 0.25) is 0 Å². The summed E-state index contributed by atoms with van der Waals surface area (Å²) in [6.45, 7) is 16.0. The Morgan fingerprint density at radius 3 is 1.47 bits per heavy atom. The largest absolute Gasteiger partial charge is 0.327 e. The van der Waals surface area contributed by atoms with Gasteiger partial charge >= 0.3 is 0 Å². The SMILES string of the molecule is CCN(CC)CC1CCCC(CN(CC)CC)C1N. The van der Waals surface area contributed by atoms with Gasteiger partial charge in [-0.15, -0.1) is 0 Å². The highest BCUT2D eigenvalue weighted by Crippen LogP contribution is 2.29. The Kier molecular flexibility index (Phi) is 7.96. The van der Waals surface area contributed by atoms with Crippen LogP contribution in [0.1, 0.15) is 47.0 Å². The molecule has 0 radical (unpaired) electrons. The third-order valence-electron chi connectivity index (χ3n) is 5.01. The van der Waals surface area contributed by atoms with Gasteiger partial charge in [0.2, 0.25) is 0 Å². The summed E-state index contributed by atoms with van der Waals surface area (Å²) in [5.41, 5.74) is 6.59. The fourth-order valence-electron chi connectivity index (χ4n) is 3.46. The fraction of sp³-hybridized carbons (Fsp3) is 1.00. The van der Waals surface area contributed by atoms with Crippen LogP contribution < -0.4 is 5.73 Å². The molecule has 0 spiro atoms. The zero-order valence-corrected chi connectivity index (χ0v) is 13.6. The average molecular weight is 269 g/mol. The third kappa shape index (κ3) is 5.05. The van der Waals surface area contributed by atoms with Gasteiger partial charge in [0.05, 0.1) is 0 Å². The lowest BCUT2D eigenvalue weighted by atomic mass is 9.76. The number of hydrogen-bond acceptors (Lipinski definition) is 3. The maximum Gasteiger partial charge on any atom is 0.0120 e. The van der Waals surface area contributed by atoms with Crippen LogP contribution in [0.3, 0.4) is 0 Å². The van der Waals surface area contributed by atoms with E-state index in [0.717, 1.165) is 26.2 Å². The second-order valence-electron chi connectivity index (χ2n) is 6.00. The Bertz CT molecular complexity index is 202. The van der Waals surface area contributed by atoms with Crippen molar-refractivity contribution in [2.75, 3.05) is 39.3 Å². The number of nitrogens with two attached hydrogens (primary N) is 1. The van der Waals surface area contributed by atoms with E-state index in [1.165, 1.54) is 32.4 Å². The first-order valence-electron chi connectivity index (χ1n) is 8.36. The smallest absolute Gasteiger partial charge is 0.0120 e. The molecule has 2 N–H and O–H groups in total. The molecule has 114 valence electrons. The molecule has 0 aliphatic heterocycles. The lowest BCUT2D eigenvalue weighted by Gasteiger charge is -2.40. The normalized spacial score (nSPS) is 28.3. The van der Waals surface area contributed by atoms with Gasteiger partial charge in [-0.2, -0.15) is 0 Å². The summed E-state index contributed by atoms with van der Waals surface area (Å²) in [4.78, 5) is 5.06. The van der Waals surface area contributed by atoms with Crippen LogP contribution in [0, 0.1) is 11.8 Å². The molecule has 1 rings (SSSR count). The Morgan fingerprint density at radius 2 is 1.16 bits per heavy atom. The predicted octanol–water partition coefficient (Wildman–Crippen LogP) is 2.41. The molecule has 1 aliphatic rings. The van der Waals surface area contributed by atoms with E-state index in [2.05, 4.69) is 37.5 Å². The molecular formula is C16H35N3. The molecule has 0 saturated heterocycles. The molecule has 0 bridgehead atoms. The quantitative estimate of drug-likeness (QED) is 0.734. The monoisotopic (exact) mass is 269 g/mol. The molecule has 0 aromatic carbocycles. The Labute approximate surface area is 120 Å². The zero-order valence-electron chi connectivity index (χ0n) is 13.6. The minimum Gasteiger partial charge on any atom is -0.327 e. The first-order valence-corrected chi connectivity index (χ1v) is 8.36. The summed E-state index contributed by atoms with van der Waals surface area (Å²) < 4.78 is 0. The first kappa shape index (κ1) is 16.9. The molecule has 2 atom stereocenters. The van der Waals surface area contributed by atoms with Gasteiger partial charge in [0.25, 0.3) is 0 Å². The van der Waals surface area contributed by atoms with Crippen molar-refractivity contribution in [3.63, 3.8) is 0 Å². The molecule has 0 amide bonds.